The molecular weight excluding hydrogens is 473 g/mol. The highest BCUT2D eigenvalue weighted by Gasteiger charge is 2.42. The number of nitrogens with one attached hydrogen (secondary N) is 1. The van der Waals surface area contributed by atoms with Gasteiger partial charge in [0.05, 0.1) is 18.2 Å². The average molecular weight is 503 g/mol. The quantitative estimate of drug-likeness (QED) is 0.229. The highest BCUT2D eigenvalue weighted by Crippen LogP contribution is 2.28. The molecule has 1 aromatic rings. The zero-order chi connectivity index (χ0) is 24.8. The number of carbonyl (C=O) groups is 4. The Morgan fingerprint density at radius 1 is 1.15 bits per heavy atom. The van der Waals surface area contributed by atoms with E-state index in [4.69, 9.17) is 38.4 Å². The summed E-state index contributed by atoms with van der Waals surface area (Å²) in [5.41, 5.74) is 6.61. The maximum absolute atomic E-state index is 13.1. The van der Waals surface area contributed by atoms with Gasteiger partial charge in [0.1, 0.15) is 30.4 Å². The molecule has 11 heteroatoms. The first-order chi connectivity index (χ1) is 15.4. The van der Waals surface area contributed by atoms with Crippen molar-refractivity contribution in [2.45, 2.75) is 51.4 Å². The molecular formula is C22H30Cl2N3O6+. The van der Waals surface area contributed by atoms with Crippen LogP contribution in [-0.4, -0.2) is 66.5 Å². The number of nitrogens with zero attached hydrogens (tertiary/aromatic N) is 1. The molecule has 0 bridgehead atoms. The van der Waals surface area contributed by atoms with Crippen LogP contribution in [0.4, 0.5) is 10.5 Å². The van der Waals surface area contributed by atoms with Gasteiger partial charge in [-0.1, -0.05) is 12.1 Å². The van der Waals surface area contributed by atoms with Crippen LogP contribution >= 0.6 is 23.2 Å². The van der Waals surface area contributed by atoms with Crippen molar-refractivity contribution in [3.05, 3.63) is 29.8 Å². The largest absolute Gasteiger partial charge is 0.521 e. The number of alkyl halides is 2. The molecule has 1 saturated heterocycles. The minimum atomic E-state index is -1.16. The van der Waals surface area contributed by atoms with Gasteiger partial charge in [-0.15, -0.1) is 23.2 Å². The Labute approximate surface area is 203 Å². The molecule has 1 fully saturated rings. The summed E-state index contributed by atoms with van der Waals surface area (Å²) in [4.78, 5) is 48.2. The fraction of sp³-hybridized carbons (Fsp3) is 0.545. The van der Waals surface area contributed by atoms with E-state index >= 15 is 0 Å². The molecule has 1 aliphatic rings. The maximum Gasteiger partial charge on any atom is 0.521 e. The molecule has 33 heavy (non-hydrogen) atoms. The molecule has 182 valence electrons. The fourth-order valence-corrected chi connectivity index (χ4v) is 3.98. The SMILES string of the molecule is CC(C)(C)OC(=O)[N+](CCCl)(CCCl)c1ccc(C[C@H](N)C(=O)OC2CC(=O)NC2=O)cc1. The molecule has 0 aromatic heterocycles. The molecule has 0 spiro atoms. The Bertz CT molecular complexity index is 879. The summed E-state index contributed by atoms with van der Waals surface area (Å²) in [6.07, 6.45) is -1.69. The number of hydrogen-bond donors (Lipinski definition) is 2. The molecule has 0 radical (unpaired) electrons. The summed E-state index contributed by atoms with van der Waals surface area (Å²) >= 11 is 12.1. The van der Waals surface area contributed by atoms with Crippen molar-refractivity contribution in [2.75, 3.05) is 24.8 Å². The third-order valence-electron chi connectivity index (χ3n) is 5.05. The van der Waals surface area contributed by atoms with Crippen molar-refractivity contribution in [1.82, 2.24) is 9.80 Å². The number of rotatable bonds is 9. The molecule has 1 aromatic carbocycles. The molecule has 2 rings (SSSR count). The number of esters is 1. The standard InChI is InChI=1S/C22H29Cl2N3O6/c1-22(2,3)33-21(31)27(10-8-23,11-9-24)15-6-4-14(5-7-15)12-16(25)20(30)32-17-13-18(28)26-19(17)29/h4-7,16-17H,8-13,25H2,1-3H3/p+1/t16-,17?/m0/s1. The van der Waals surface area contributed by atoms with Crippen molar-refractivity contribution in [1.29, 1.82) is 0 Å². The lowest BCUT2D eigenvalue weighted by atomic mass is 10.1. The molecule has 1 heterocycles. The molecule has 3 amide bonds. The van der Waals surface area contributed by atoms with Crippen LogP contribution in [0.1, 0.15) is 32.8 Å². The van der Waals surface area contributed by atoms with Crippen molar-refractivity contribution >= 4 is 52.8 Å². The van der Waals surface area contributed by atoms with E-state index in [0.29, 0.717) is 11.3 Å². The van der Waals surface area contributed by atoms with Crippen molar-refractivity contribution in [3.63, 3.8) is 0 Å². The first-order valence-electron chi connectivity index (χ1n) is 10.5. The first kappa shape index (κ1) is 27.0. The zero-order valence-corrected chi connectivity index (χ0v) is 20.4. The van der Waals surface area contributed by atoms with Crippen LogP contribution in [0.15, 0.2) is 24.3 Å². The summed E-state index contributed by atoms with van der Waals surface area (Å²) in [5, 5.41) is 2.07. The predicted octanol–water partition coefficient (Wildman–Crippen LogP) is 2.23. The third-order valence-corrected chi connectivity index (χ3v) is 5.39. The van der Waals surface area contributed by atoms with Crippen LogP contribution in [0.2, 0.25) is 0 Å². The van der Waals surface area contributed by atoms with E-state index in [1.807, 2.05) is 0 Å². The summed E-state index contributed by atoms with van der Waals surface area (Å²) in [6.45, 7) is 5.94. The molecule has 1 aliphatic heterocycles. The number of imide groups is 1. The van der Waals surface area contributed by atoms with E-state index in [1.54, 1.807) is 45.0 Å². The second-order valence-electron chi connectivity index (χ2n) is 8.79. The Kier molecular flexibility index (Phi) is 9.25. The molecule has 0 saturated carbocycles. The second kappa shape index (κ2) is 11.3. The Morgan fingerprint density at radius 3 is 2.18 bits per heavy atom. The minimum Gasteiger partial charge on any atom is -0.451 e. The Balaban J connectivity index is 2.16. The van der Waals surface area contributed by atoms with Gasteiger partial charge >= 0.3 is 12.1 Å². The fourth-order valence-electron chi connectivity index (χ4n) is 3.40. The monoisotopic (exact) mass is 502 g/mol. The van der Waals surface area contributed by atoms with E-state index in [1.165, 1.54) is 0 Å². The van der Waals surface area contributed by atoms with E-state index in [0.717, 1.165) is 0 Å². The molecule has 2 atom stereocenters. The van der Waals surface area contributed by atoms with Crippen molar-refractivity contribution in [3.8, 4) is 0 Å². The van der Waals surface area contributed by atoms with Gasteiger partial charge in [-0.3, -0.25) is 19.7 Å². The van der Waals surface area contributed by atoms with Gasteiger partial charge in [-0.05, 0) is 32.8 Å². The number of halogens is 2. The lowest BCUT2D eigenvalue weighted by Gasteiger charge is -2.35. The van der Waals surface area contributed by atoms with E-state index < -0.39 is 41.6 Å². The number of amides is 3. The smallest absolute Gasteiger partial charge is 0.451 e. The summed E-state index contributed by atoms with van der Waals surface area (Å²) < 4.78 is 10.5. The van der Waals surface area contributed by atoms with Gasteiger partial charge in [-0.25, -0.2) is 0 Å². The van der Waals surface area contributed by atoms with Crippen LogP contribution in [0.5, 0.6) is 0 Å². The normalized spacial score (nSPS) is 17.5. The number of carbonyl (C=O) groups excluding carboxylic acids is 4. The van der Waals surface area contributed by atoms with Crippen molar-refractivity contribution in [2.24, 2.45) is 5.73 Å². The average Bonchev–Trinajstić information content (AvgIpc) is 3.03. The lowest BCUT2D eigenvalue weighted by Crippen LogP contribution is -2.58. The summed E-state index contributed by atoms with van der Waals surface area (Å²) in [5.74, 6) is -1.50. The Morgan fingerprint density at radius 2 is 1.73 bits per heavy atom. The van der Waals surface area contributed by atoms with Gasteiger partial charge < -0.3 is 15.2 Å². The van der Waals surface area contributed by atoms with Crippen molar-refractivity contribution < 1.29 is 28.7 Å². The van der Waals surface area contributed by atoms with Crippen LogP contribution < -0.4 is 15.5 Å². The number of quaternary nitrogens is 1. The first-order valence-corrected chi connectivity index (χ1v) is 11.6. The van der Waals surface area contributed by atoms with Gasteiger partial charge in [0.2, 0.25) is 5.91 Å². The zero-order valence-electron chi connectivity index (χ0n) is 18.9. The third kappa shape index (κ3) is 7.14. The predicted molar refractivity (Wildman–Crippen MR) is 125 cm³/mol. The Hall–Kier alpha value is -2.20. The molecule has 1 unspecified atom stereocenters. The van der Waals surface area contributed by atoms with Crippen LogP contribution in [0.3, 0.4) is 0 Å². The highest BCUT2D eigenvalue weighted by molar-refractivity contribution is 6.19. The molecule has 9 nitrogen and oxygen atoms in total. The van der Waals surface area contributed by atoms with E-state index in [2.05, 4.69) is 5.32 Å². The van der Waals surface area contributed by atoms with E-state index in [-0.39, 0.29) is 42.2 Å². The number of hydrogen-bond acceptors (Lipinski definition) is 7. The number of benzene rings is 1. The topological polar surface area (TPSA) is 125 Å². The maximum atomic E-state index is 13.1. The number of ether oxygens (including phenoxy) is 2. The summed E-state index contributed by atoms with van der Waals surface area (Å²) in [6, 6.07) is 5.96. The van der Waals surface area contributed by atoms with E-state index in [9.17, 15) is 19.2 Å². The van der Waals surface area contributed by atoms with Gasteiger partial charge in [-0.2, -0.15) is 9.28 Å². The summed E-state index contributed by atoms with van der Waals surface area (Å²) in [7, 11) is 0. The number of nitrogens with two attached hydrogens (primary N) is 1. The van der Waals surface area contributed by atoms with Gasteiger partial charge in [0.25, 0.3) is 5.91 Å². The minimum absolute atomic E-state index is 0.138. The molecule has 3 N–H and O–H groups in total. The van der Waals surface area contributed by atoms with Gasteiger partial charge in [0.15, 0.2) is 6.10 Å². The van der Waals surface area contributed by atoms with Crippen LogP contribution in [0, 0.1) is 0 Å². The molecule has 0 aliphatic carbocycles. The van der Waals surface area contributed by atoms with Crippen LogP contribution in [0.25, 0.3) is 0 Å². The van der Waals surface area contributed by atoms with Crippen LogP contribution in [-0.2, 0) is 30.3 Å². The second-order valence-corrected chi connectivity index (χ2v) is 9.55. The highest BCUT2D eigenvalue weighted by atomic mass is 35.5. The lowest BCUT2D eigenvalue weighted by molar-refractivity contribution is -0.155. The van der Waals surface area contributed by atoms with Gasteiger partial charge in [0, 0.05) is 12.1 Å².